The monoisotopic (exact) mass is 792 g/mol. The van der Waals surface area contributed by atoms with Gasteiger partial charge in [0.25, 0.3) is 0 Å². The van der Waals surface area contributed by atoms with Crippen molar-refractivity contribution in [1.82, 2.24) is 19.6 Å². The average molecular weight is 793 g/mol. The standard InChI is InChI=1S/C57H36N4O/c1-4-16-37(17-5-1)48-36-49(59-57(58-48)44-24-14-23-42(34-44)45-27-15-29-52-54(45)47-26-12-13-28-51(47)62-52)38-30-32-40(33-31-38)53-55(41-20-8-3-9-21-41)60-61-50(39-18-6-2-7-19-39)35-43-22-10-11-25-46(43)56(53)61/h1-36H. The number of pyridine rings is 1. The van der Waals surface area contributed by atoms with E-state index in [4.69, 9.17) is 19.5 Å². The van der Waals surface area contributed by atoms with Gasteiger partial charge >= 0.3 is 0 Å². The van der Waals surface area contributed by atoms with Crippen LogP contribution < -0.4 is 0 Å². The molecule has 0 saturated carbocycles. The molecule has 0 aliphatic rings. The predicted molar refractivity (Wildman–Crippen MR) is 254 cm³/mol. The van der Waals surface area contributed by atoms with Crippen LogP contribution in [0.4, 0.5) is 0 Å². The molecule has 0 saturated heterocycles. The summed E-state index contributed by atoms with van der Waals surface area (Å²) in [6.07, 6.45) is 0. The fourth-order valence-corrected chi connectivity index (χ4v) is 8.90. The van der Waals surface area contributed by atoms with Crippen LogP contribution >= 0.6 is 0 Å². The largest absolute Gasteiger partial charge is 0.456 e. The third-order valence-electron chi connectivity index (χ3n) is 11.8. The molecule has 0 radical (unpaired) electrons. The van der Waals surface area contributed by atoms with E-state index in [2.05, 4.69) is 199 Å². The minimum atomic E-state index is 0.658. The Hall–Kier alpha value is -8.41. The lowest BCUT2D eigenvalue weighted by atomic mass is 9.95. The molecule has 0 unspecified atom stereocenters. The lowest BCUT2D eigenvalue weighted by molar-refractivity contribution is 0.669. The van der Waals surface area contributed by atoms with Crippen LogP contribution in [0, 0.1) is 0 Å². The number of aromatic nitrogens is 4. The number of fused-ring (bicyclic) bond motifs is 6. The molecule has 0 amide bonds. The zero-order valence-electron chi connectivity index (χ0n) is 33.5. The predicted octanol–water partition coefficient (Wildman–Crippen LogP) is 14.8. The number of benzene rings is 8. The quantitative estimate of drug-likeness (QED) is 0.161. The molecule has 8 aromatic carbocycles. The molecule has 4 aromatic heterocycles. The normalized spacial score (nSPS) is 11.5. The lowest BCUT2D eigenvalue weighted by Crippen LogP contribution is -1.96. The second-order valence-electron chi connectivity index (χ2n) is 15.6. The van der Waals surface area contributed by atoms with Crippen molar-refractivity contribution in [3.63, 3.8) is 0 Å². The summed E-state index contributed by atoms with van der Waals surface area (Å²) in [6.45, 7) is 0. The van der Waals surface area contributed by atoms with Crippen molar-refractivity contribution in [3.05, 3.63) is 218 Å². The van der Waals surface area contributed by atoms with Gasteiger partial charge in [-0.25, -0.2) is 14.5 Å². The third-order valence-corrected chi connectivity index (χ3v) is 11.8. The Morgan fingerprint density at radius 1 is 0.387 bits per heavy atom. The average Bonchev–Trinajstić information content (AvgIpc) is 3.95. The van der Waals surface area contributed by atoms with Crippen molar-refractivity contribution in [2.24, 2.45) is 0 Å². The highest BCUT2D eigenvalue weighted by molar-refractivity contribution is 6.12. The van der Waals surface area contributed by atoms with Gasteiger partial charge in [-0.3, -0.25) is 0 Å². The minimum Gasteiger partial charge on any atom is -0.456 e. The van der Waals surface area contributed by atoms with Gasteiger partial charge in [0.1, 0.15) is 16.9 Å². The van der Waals surface area contributed by atoms with Crippen molar-refractivity contribution in [2.45, 2.75) is 0 Å². The van der Waals surface area contributed by atoms with Crippen LogP contribution in [-0.4, -0.2) is 19.6 Å². The van der Waals surface area contributed by atoms with E-state index in [0.29, 0.717) is 5.82 Å². The van der Waals surface area contributed by atoms with Crippen LogP contribution in [0.25, 0.3) is 117 Å². The van der Waals surface area contributed by atoms with Crippen molar-refractivity contribution < 1.29 is 4.42 Å². The molecule has 0 aliphatic carbocycles. The van der Waals surface area contributed by atoms with Crippen LogP contribution in [0.1, 0.15) is 0 Å². The summed E-state index contributed by atoms with van der Waals surface area (Å²) in [5.74, 6) is 0.658. The zero-order valence-corrected chi connectivity index (χ0v) is 33.5. The van der Waals surface area contributed by atoms with E-state index in [1.54, 1.807) is 0 Å². The summed E-state index contributed by atoms with van der Waals surface area (Å²) in [7, 11) is 0. The fourth-order valence-electron chi connectivity index (χ4n) is 8.90. The maximum absolute atomic E-state index is 6.25. The Balaban J connectivity index is 1.01. The summed E-state index contributed by atoms with van der Waals surface area (Å²) in [6, 6.07) is 76.1. The van der Waals surface area contributed by atoms with E-state index in [1.165, 1.54) is 0 Å². The Bertz CT molecular complexity index is 3610. The molecule has 12 rings (SSSR count). The van der Waals surface area contributed by atoms with Gasteiger partial charge in [0.2, 0.25) is 0 Å². The molecule has 5 nitrogen and oxygen atoms in total. The maximum atomic E-state index is 6.25. The summed E-state index contributed by atoms with van der Waals surface area (Å²) < 4.78 is 8.39. The summed E-state index contributed by atoms with van der Waals surface area (Å²) >= 11 is 0. The lowest BCUT2D eigenvalue weighted by Gasteiger charge is -2.12. The molecule has 5 heteroatoms. The van der Waals surface area contributed by atoms with Crippen LogP contribution in [0.2, 0.25) is 0 Å². The van der Waals surface area contributed by atoms with Crippen molar-refractivity contribution >= 4 is 38.2 Å². The second kappa shape index (κ2) is 14.7. The Kier molecular flexibility index (Phi) is 8.42. The zero-order chi connectivity index (χ0) is 41.0. The van der Waals surface area contributed by atoms with Gasteiger partial charge in [0.15, 0.2) is 5.82 Å². The van der Waals surface area contributed by atoms with Gasteiger partial charge in [-0.2, -0.15) is 5.10 Å². The van der Waals surface area contributed by atoms with E-state index >= 15 is 0 Å². The number of hydrogen-bond donors (Lipinski definition) is 0. The highest BCUT2D eigenvalue weighted by Gasteiger charge is 2.22. The molecule has 12 aromatic rings. The number of furan rings is 1. The van der Waals surface area contributed by atoms with E-state index < -0.39 is 0 Å². The Labute approximate surface area is 357 Å². The SMILES string of the molecule is c1ccc(-c2cc(-c3ccc(-c4c(-c5ccccc5)nn5c(-c6ccccc6)cc6ccccc6c45)cc3)nc(-c3cccc(-c4cccc5oc6ccccc6c45)c3)n2)cc1. The molecule has 62 heavy (non-hydrogen) atoms. The summed E-state index contributed by atoms with van der Waals surface area (Å²) in [5, 5.41) is 9.92. The molecular weight excluding hydrogens is 757 g/mol. The molecule has 4 heterocycles. The topological polar surface area (TPSA) is 56.2 Å². The first-order chi connectivity index (χ1) is 30.7. The minimum absolute atomic E-state index is 0.658. The Morgan fingerprint density at radius 3 is 1.71 bits per heavy atom. The Morgan fingerprint density at radius 2 is 0.952 bits per heavy atom. The fraction of sp³-hybridized carbons (Fsp3) is 0. The van der Waals surface area contributed by atoms with Crippen molar-refractivity contribution in [3.8, 4) is 78.7 Å². The van der Waals surface area contributed by atoms with Gasteiger partial charge in [-0.05, 0) is 52.4 Å². The smallest absolute Gasteiger partial charge is 0.160 e. The first-order valence-corrected chi connectivity index (χ1v) is 20.9. The second-order valence-corrected chi connectivity index (χ2v) is 15.6. The molecular formula is C57H36N4O. The van der Waals surface area contributed by atoms with E-state index in [9.17, 15) is 0 Å². The molecule has 0 aliphatic heterocycles. The summed E-state index contributed by atoms with van der Waals surface area (Å²) in [4.78, 5) is 10.5. The first kappa shape index (κ1) is 35.5. The van der Waals surface area contributed by atoms with Gasteiger partial charge in [0.05, 0.1) is 22.6 Å². The van der Waals surface area contributed by atoms with E-state index in [0.717, 1.165) is 111 Å². The highest BCUT2D eigenvalue weighted by Crippen LogP contribution is 2.42. The molecule has 0 fully saturated rings. The number of para-hydroxylation sites is 1. The summed E-state index contributed by atoms with van der Waals surface area (Å²) in [5.41, 5.74) is 16.0. The van der Waals surface area contributed by atoms with Crippen molar-refractivity contribution in [2.75, 3.05) is 0 Å². The van der Waals surface area contributed by atoms with E-state index in [-0.39, 0.29) is 0 Å². The van der Waals surface area contributed by atoms with Gasteiger partial charge < -0.3 is 4.42 Å². The molecule has 290 valence electrons. The molecule has 0 N–H and O–H groups in total. The van der Waals surface area contributed by atoms with Gasteiger partial charge in [-0.1, -0.05) is 188 Å². The van der Waals surface area contributed by atoms with Crippen LogP contribution in [0.3, 0.4) is 0 Å². The van der Waals surface area contributed by atoms with Crippen LogP contribution in [-0.2, 0) is 0 Å². The number of rotatable bonds is 7. The number of nitrogens with zero attached hydrogens (tertiary/aromatic N) is 4. The van der Waals surface area contributed by atoms with E-state index in [1.807, 2.05) is 24.3 Å². The highest BCUT2D eigenvalue weighted by atomic mass is 16.3. The van der Waals surface area contributed by atoms with Crippen LogP contribution in [0.5, 0.6) is 0 Å². The third kappa shape index (κ3) is 6.06. The molecule has 0 bridgehead atoms. The first-order valence-electron chi connectivity index (χ1n) is 20.9. The van der Waals surface area contributed by atoms with Gasteiger partial charge in [-0.15, -0.1) is 0 Å². The molecule has 0 spiro atoms. The van der Waals surface area contributed by atoms with Crippen molar-refractivity contribution in [1.29, 1.82) is 0 Å². The maximum Gasteiger partial charge on any atom is 0.160 e. The molecule has 0 atom stereocenters. The van der Waals surface area contributed by atoms with Gasteiger partial charge in [0, 0.05) is 49.5 Å². The van der Waals surface area contributed by atoms with Crippen LogP contribution in [0.15, 0.2) is 223 Å². The number of hydrogen-bond acceptors (Lipinski definition) is 4.